The van der Waals surface area contributed by atoms with E-state index in [9.17, 15) is 22.4 Å². The number of halogens is 1. The van der Waals surface area contributed by atoms with Crippen LogP contribution in [0.25, 0.3) is 0 Å². The average molecular weight is 405 g/mol. The van der Waals surface area contributed by atoms with Crippen LogP contribution in [0.5, 0.6) is 0 Å². The first kappa shape index (κ1) is 20.0. The molecule has 0 aliphatic carbocycles. The molecule has 0 radical (unpaired) electrons. The van der Waals surface area contributed by atoms with Crippen LogP contribution < -0.4 is 10.9 Å². The van der Waals surface area contributed by atoms with Crippen LogP contribution >= 0.6 is 0 Å². The number of nitrogens with zero attached hydrogens (tertiary/aromatic N) is 1. The van der Waals surface area contributed by atoms with Gasteiger partial charge in [-0.2, -0.15) is 4.31 Å². The largest absolute Gasteiger partial charge is 0.273 e. The molecular formula is C19H20FN3O4S. The molecule has 148 valence electrons. The van der Waals surface area contributed by atoms with Crippen LogP contribution in [0.1, 0.15) is 23.2 Å². The fourth-order valence-electron chi connectivity index (χ4n) is 3.01. The zero-order valence-corrected chi connectivity index (χ0v) is 15.8. The SMILES string of the molecule is O=C(NNC(=O)[C@@H]1CCCN(S(=O)(=O)c2ccc(F)cc2)C1)c1ccccc1. The van der Waals surface area contributed by atoms with Gasteiger partial charge >= 0.3 is 0 Å². The van der Waals surface area contributed by atoms with Crippen molar-refractivity contribution in [3.05, 3.63) is 66.0 Å². The predicted molar refractivity (Wildman–Crippen MR) is 99.9 cm³/mol. The van der Waals surface area contributed by atoms with Gasteiger partial charge in [-0.15, -0.1) is 0 Å². The number of sulfonamides is 1. The highest BCUT2D eigenvalue weighted by Gasteiger charge is 2.33. The van der Waals surface area contributed by atoms with Gasteiger partial charge in [0, 0.05) is 18.7 Å². The van der Waals surface area contributed by atoms with Crippen molar-refractivity contribution in [2.45, 2.75) is 17.7 Å². The molecule has 0 unspecified atom stereocenters. The van der Waals surface area contributed by atoms with E-state index in [1.54, 1.807) is 30.3 Å². The molecule has 1 saturated heterocycles. The molecule has 0 aromatic heterocycles. The summed E-state index contributed by atoms with van der Waals surface area (Å²) in [4.78, 5) is 24.4. The fourth-order valence-corrected chi connectivity index (χ4v) is 4.54. The molecule has 0 spiro atoms. The number of amides is 2. The minimum atomic E-state index is -3.82. The Labute approximate surface area is 162 Å². The van der Waals surface area contributed by atoms with Gasteiger partial charge in [0.05, 0.1) is 10.8 Å². The maximum absolute atomic E-state index is 13.1. The van der Waals surface area contributed by atoms with Crippen molar-refractivity contribution in [3.8, 4) is 0 Å². The van der Waals surface area contributed by atoms with Gasteiger partial charge in [0.1, 0.15) is 5.82 Å². The number of carbonyl (C=O) groups excluding carboxylic acids is 2. The standard InChI is InChI=1S/C19H20FN3O4S/c20-16-8-10-17(11-9-16)28(26,27)23-12-4-7-15(13-23)19(25)22-21-18(24)14-5-2-1-3-6-14/h1-3,5-6,8-11,15H,4,7,12-13H2,(H,21,24)(H,22,25)/t15-/m1/s1. The normalized spacial score (nSPS) is 17.7. The van der Waals surface area contributed by atoms with Crippen LogP contribution in [-0.2, 0) is 14.8 Å². The van der Waals surface area contributed by atoms with Gasteiger partial charge in [-0.3, -0.25) is 20.4 Å². The highest BCUT2D eigenvalue weighted by atomic mass is 32.2. The third kappa shape index (κ3) is 4.55. The molecule has 2 N–H and O–H groups in total. The Morgan fingerprint density at radius 1 is 1.00 bits per heavy atom. The van der Waals surface area contributed by atoms with E-state index in [0.717, 1.165) is 12.1 Å². The molecule has 1 heterocycles. The maximum Gasteiger partial charge on any atom is 0.269 e. The van der Waals surface area contributed by atoms with E-state index in [1.165, 1.54) is 16.4 Å². The first-order valence-electron chi connectivity index (χ1n) is 8.79. The monoisotopic (exact) mass is 405 g/mol. The van der Waals surface area contributed by atoms with Crippen molar-refractivity contribution in [2.24, 2.45) is 5.92 Å². The van der Waals surface area contributed by atoms with Gasteiger partial charge in [-0.25, -0.2) is 12.8 Å². The molecule has 2 amide bonds. The van der Waals surface area contributed by atoms with Crippen LogP contribution in [0.15, 0.2) is 59.5 Å². The molecule has 7 nitrogen and oxygen atoms in total. The van der Waals surface area contributed by atoms with E-state index >= 15 is 0 Å². The molecule has 1 fully saturated rings. The predicted octanol–water partition coefficient (Wildman–Crippen LogP) is 1.69. The molecule has 1 aliphatic rings. The molecular weight excluding hydrogens is 385 g/mol. The molecule has 0 bridgehead atoms. The lowest BCUT2D eigenvalue weighted by atomic mass is 9.99. The number of rotatable bonds is 4. The first-order valence-corrected chi connectivity index (χ1v) is 10.2. The van der Waals surface area contributed by atoms with Gasteiger partial charge in [-0.1, -0.05) is 18.2 Å². The molecule has 2 aromatic carbocycles. The number of piperidine rings is 1. The smallest absolute Gasteiger partial charge is 0.269 e. The average Bonchev–Trinajstić information content (AvgIpc) is 2.72. The summed E-state index contributed by atoms with van der Waals surface area (Å²) in [5.41, 5.74) is 5.10. The van der Waals surface area contributed by atoms with Crippen LogP contribution in [0.3, 0.4) is 0 Å². The number of hydrazine groups is 1. The minimum absolute atomic E-state index is 0.00719. The van der Waals surface area contributed by atoms with Gasteiger partial charge in [0.2, 0.25) is 15.9 Å². The number of carbonyl (C=O) groups is 2. The summed E-state index contributed by atoms with van der Waals surface area (Å²) in [6.45, 7) is 0.270. The van der Waals surface area contributed by atoms with Gasteiger partial charge in [-0.05, 0) is 49.2 Å². The number of hydrogen-bond acceptors (Lipinski definition) is 4. The van der Waals surface area contributed by atoms with E-state index in [2.05, 4.69) is 10.9 Å². The Morgan fingerprint density at radius 2 is 1.68 bits per heavy atom. The minimum Gasteiger partial charge on any atom is -0.273 e. The highest BCUT2D eigenvalue weighted by Crippen LogP contribution is 2.24. The summed E-state index contributed by atoms with van der Waals surface area (Å²) in [5, 5.41) is 0. The van der Waals surface area contributed by atoms with Crippen LogP contribution in [0.4, 0.5) is 4.39 Å². The zero-order valence-electron chi connectivity index (χ0n) is 15.0. The summed E-state index contributed by atoms with van der Waals surface area (Å²) in [6.07, 6.45) is 1.01. The quantitative estimate of drug-likeness (QED) is 0.757. The Hall–Kier alpha value is -2.78. The second kappa shape index (κ2) is 8.49. The van der Waals surface area contributed by atoms with E-state index in [1.807, 2.05) is 0 Å². The highest BCUT2D eigenvalue weighted by molar-refractivity contribution is 7.89. The summed E-state index contributed by atoms with van der Waals surface area (Å²) in [6, 6.07) is 13.0. The topological polar surface area (TPSA) is 95.6 Å². The van der Waals surface area contributed by atoms with Crippen LogP contribution in [0, 0.1) is 11.7 Å². The molecule has 9 heteroatoms. The van der Waals surface area contributed by atoms with E-state index < -0.39 is 33.6 Å². The molecule has 28 heavy (non-hydrogen) atoms. The van der Waals surface area contributed by atoms with Gasteiger partial charge < -0.3 is 0 Å². The van der Waals surface area contributed by atoms with Gasteiger partial charge in [0.15, 0.2) is 0 Å². The molecule has 1 aliphatic heterocycles. The Morgan fingerprint density at radius 3 is 2.36 bits per heavy atom. The number of hydrogen-bond donors (Lipinski definition) is 2. The third-order valence-corrected chi connectivity index (χ3v) is 6.42. The lowest BCUT2D eigenvalue weighted by Crippen LogP contribution is -2.50. The number of nitrogens with one attached hydrogen (secondary N) is 2. The molecule has 3 rings (SSSR count). The molecule has 0 saturated carbocycles. The molecule has 2 aromatic rings. The lowest BCUT2D eigenvalue weighted by Gasteiger charge is -2.31. The van der Waals surface area contributed by atoms with Crippen molar-refractivity contribution < 1.29 is 22.4 Å². The summed E-state index contributed by atoms with van der Waals surface area (Å²) >= 11 is 0. The van der Waals surface area contributed by atoms with Crippen molar-refractivity contribution >= 4 is 21.8 Å². The fraction of sp³-hybridized carbons (Fsp3) is 0.263. The summed E-state index contributed by atoms with van der Waals surface area (Å²) < 4.78 is 39.7. The van der Waals surface area contributed by atoms with Crippen molar-refractivity contribution in [2.75, 3.05) is 13.1 Å². The molecule has 1 atom stereocenters. The Bertz CT molecular complexity index is 949. The Kier molecular flexibility index (Phi) is 6.05. The van der Waals surface area contributed by atoms with E-state index in [-0.39, 0.29) is 18.0 Å². The maximum atomic E-state index is 13.1. The van der Waals surface area contributed by atoms with Crippen LogP contribution in [0.2, 0.25) is 0 Å². The van der Waals surface area contributed by atoms with Crippen molar-refractivity contribution in [1.82, 2.24) is 15.2 Å². The Balaban J connectivity index is 1.61. The van der Waals surface area contributed by atoms with Crippen LogP contribution in [-0.4, -0.2) is 37.6 Å². The lowest BCUT2D eigenvalue weighted by molar-refractivity contribution is -0.126. The second-order valence-corrected chi connectivity index (χ2v) is 8.40. The number of benzene rings is 2. The zero-order chi connectivity index (χ0) is 20.1. The second-order valence-electron chi connectivity index (χ2n) is 6.47. The third-order valence-electron chi connectivity index (χ3n) is 4.54. The van der Waals surface area contributed by atoms with Crippen molar-refractivity contribution in [3.63, 3.8) is 0 Å². The first-order chi connectivity index (χ1) is 13.4. The summed E-state index contributed by atoms with van der Waals surface area (Å²) in [5.74, 6) is -2.03. The summed E-state index contributed by atoms with van der Waals surface area (Å²) in [7, 11) is -3.82. The van der Waals surface area contributed by atoms with Gasteiger partial charge in [0.25, 0.3) is 5.91 Å². The van der Waals surface area contributed by atoms with E-state index in [0.29, 0.717) is 18.4 Å². The van der Waals surface area contributed by atoms with Crippen molar-refractivity contribution in [1.29, 1.82) is 0 Å². The van der Waals surface area contributed by atoms with E-state index in [4.69, 9.17) is 0 Å².